The van der Waals surface area contributed by atoms with Crippen molar-refractivity contribution in [3.63, 3.8) is 0 Å². The summed E-state index contributed by atoms with van der Waals surface area (Å²) in [5.41, 5.74) is 5.38. The van der Waals surface area contributed by atoms with Gasteiger partial charge in [-0.1, -0.05) is 0 Å². The van der Waals surface area contributed by atoms with E-state index in [1.165, 1.54) is 0 Å². The van der Waals surface area contributed by atoms with Gasteiger partial charge in [0.1, 0.15) is 5.76 Å². The van der Waals surface area contributed by atoms with Gasteiger partial charge >= 0.3 is 0 Å². The number of nitrogens with zero attached hydrogens (tertiary/aromatic N) is 2. The lowest BCUT2D eigenvalue weighted by Gasteiger charge is -2.34. The predicted octanol–water partition coefficient (Wildman–Crippen LogP) is 1.78. The second-order valence-electron chi connectivity index (χ2n) is 6.64. The van der Waals surface area contributed by atoms with Crippen molar-refractivity contribution in [2.75, 3.05) is 39.4 Å². The summed E-state index contributed by atoms with van der Waals surface area (Å²) in [6, 6.07) is 3.88. The zero-order valence-corrected chi connectivity index (χ0v) is 15.8. The van der Waals surface area contributed by atoms with Gasteiger partial charge in [-0.05, 0) is 44.2 Å². The fourth-order valence-electron chi connectivity index (χ4n) is 3.22. The van der Waals surface area contributed by atoms with E-state index >= 15 is 0 Å². The molecule has 1 atom stereocenters. The Bertz CT molecular complexity index is 545. The minimum Gasteiger partial charge on any atom is -0.469 e. The molecule has 0 spiro atoms. The summed E-state index contributed by atoms with van der Waals surface area (Å²) in [6.07, 6.45) is 5.94. The third-order valence-corrected chi connectivity index (χ3v) is 4.46. The number of furan rings is 1. The van der Waals surface area contributed by atoms with E-state index in [9.17, 15) is 4.79 Å². The van der Waals surface area contributed by atoms with Gasteiger partial charge in [-0.2, -0.15) is 0 Å². The quantitative estimate of drug-likeness (QED) is 0.375. The van der Waals surface area contributed by atoms with E-state index in [1.54, 1.807) is 6.26 Å². The Balaban J connectivity index is 1.89. The highest BCUT2D eigenvalue weighted by Gasteiger charge is 2.23. The summed E-state index contributed by atoms with van der Waals surface area (Å²) in [6.45, 7) is 6.71. The second kappa shape index (κ2) is 11.6. The summed E-state index contributed by atoms with van der Waals surface area (Å²) < 4.78 is 10.8. The monoisotopic (exact) mass is 364 g/mol. The molecule has 1 unspecified atom stereocenters. The maximum Gasteiger partial charge on any atom is 0.217 e. The van der Waals surface area contributed by atoms with Gasteiger partial charge in [-0.3, -0.25) is 9.79 Å². The highest BCUT2D eigenvalue weighted by atomic mass is 16.5. The van der Waals surface area contributed by atoms with Gasteiger partial charge in [0.05, 0.1) is 6.26 Å². The molecule has 1 fully saturated rings. The first kappa shape index (κ1) is 20.3. The zero-order chi connectivity index (χ0) is 18.6. The summed E-state index contributed by atoms with van der Waals surface area (Å²) in [7, 11) is 0. The Hall–Kier alpha value is -2.02. The van der Waals surface area contributed by atoms with Gasteiger partial charge in [-0.25, -0.2) is 0 Å². The van der Waals surface area contributed by atoms with Crippen molar-refractivity contribution in [3.8, 4) is 0 Å². The predicted molar refractivity (Wildman–Crippen MR) is 102 cm³/mol. The lowest BCUT2D eigenvalue weighted by Crippen LogP contribution is -2.47. The first-order valence-electron chi connectivity index (χ1n) is 9.60. The van der Waals surface area contributed by atoms with E-state index in [-0.39, 0.29) is 5.91 Å². The molecule has 1 aliphatic heterocycles. The van der Waals surface area contributed by atoms with E-state index in [0.717, 1.165) is 76.8 Å². The molecule has 0 bridgehead atoms. The molecule has 7 nitrogen and oxygen atoms in total. The van der Waals surface area contributed by atoms with Crippen LogP contribution in [0.1, 0.15) is 38.4 Å². The number of carbonyl (C=O) groups excluding carboxylic acids is 1. The summed E-state index contributed by atoms with van der Waals surface area (Å²) in [5.74, 6) is 1.94. The van der Waals surface area contributed by atoms with E-state index in [4.69, 9.17) is 19.9 Å². The topological polar surface area (TPSA) is 93.1 Å². The van der Waals surface area contributed by atoms with E-state index in [2.05, 4.69) is 10.2 Å². The first-order chi connectivity index (χ1) is 12.7. The van der Waals surface area contributed by atoms with Gasteiger partial charge < -0.3 is 25.1 Å². The molecule has 1 aliphatic rings. The molecule has 0 aliphatic carbocycles. The largest absolute Gasteiger partial charge is 0.469 e. The molecule has 146 valence electrons. The molecule has 0 saturated carbocycles. The molecule has 1 aromatic heterocycles. The average Bonchev–Trinajstić information content (AvgIpc) is 3.13. The molecule has 1 saturated heterocycles. The molecule has 7 heteroatoms. The van der Waals surface area contributed by atoms with Crippen LogP contribution in [0, 0.1) is 5.92 Å². The van der Waals surface area contributed by atoms with E-state index < -0.39 is 0 Å². The Morgan fingerprint density at radius 2 is 2.42 bits per heavy atom. The number of likely N-dealkylation sites (tertiary alicyclic amines) is 1. The molecular weight excluding hydrogens is 332 g/mol. The lowest BCUT2D eigenvalue weighted by molar-refractivity contribution is -0.119. The molecule has 3 N–H and O–H groups in total. The number of ether oxygens (including phenoxy) is 1. The van der Waals surface area contributed by atoms with Crippen LogP contribution in [0.3, 0.4) is 0 Å². The van der Waals surface area contributed by atoms with Crippen molar-refractivity contribution in [1.82, 2.24) is 10.2 Å². The number of hydrogen-bond donors (Lipinski definition) is 2. The SMILES string of the molecule is CCOCCCN=C(NCCc1ccco1)N1CCCC(CC(N)=O)C1. The number of primary amides is 1. The molecule has 0 radical (unpaired) electrons. The van der Waals surface area contributed by atoms with Gasteiger partial charge in [0.25, 0.3) is 0 Å². The Morgan fingerprint density at radius 3 is 3.15 bits per heavy atom. The van der Waals surface area contributed by atoms with Crippen molar-refractivity contribution in [2.45, 2.75) is 39.0 Å². The summed E-state index contributed by atoms with van der Waals surface area (Å²) in [4.78, 5) is 18.3. The highest BCUT2D eigenvalue weighted by Crippen LogP contribution is 2.19. The number of carbonyl (C=O) groups is 1. The maximum atomic E-state index is 11.3. The highest BCUT2D eigenvalue weighted by molar-refractivity contribution is 5.80. The fraction of sp³-hybridized carbons (Fsp3) is 0.684. The van der Waals surface area contributed by atoms with Crippen molar-refractivity contribution in [1.29, 1.82) is 0 Å². The molecule has 1 aromatic rings. The van der Waals surface area contributed by atoms with Crippen molar-refractivity contribution in [2.24, 2.45) is 16.6 Å². The molecule has 2 rings (SSSR count). The zero-order valence-electron chi connectivity index (χ0n) is 15.8. The van der Waals surface area contributed by atoms with Crippen molar-refractivity contribution >= 4 is 11.9 Å². The number of hydrogen-bond acceptors (Lipinski definition) is 4. The minimum absolute atomic E-state index is 0.224. The van der Waals surface area contributed by atoms with Crippen LogP contribution in [-0.2, 0) is 16.0 Å². The van der Waals surface area contributed by atoms with Crippen LogP contribution in [0.2, 0.25) is 0 Å². The number of nitrogens with one attached hydrogen (secondary N) is 1. The smallest absolute Gasteiger partial charge is 0.217 e. The van der Waals surface area contributed by atoms with Crippen LogP contribution in [0.4, 0.5) is 0 Å². The van der Waals surface area contributed by atoms with Crippen molar-refractivity contribution < 1.29 is 13.9 Å². The van der Waals surface area contributed by atoms with Gasteiger partial charge in [0, 0.05) is 52.2 Å². The molecule has 2 heterocycles. The number of amides is 1. The van der Waals surface area contributed by atoms with Gasteiger partial charge in [0.15, 0.2) is 5.96 Å². The maximum absolute atomic E-state index is 11.3. The van der Waals surface area contributed by atoms with Crippen LogP contribution in [-0.4, -0.2) is 56.2 Å². The Kier molecular flexibility index (Phi) is 9.03. The first-order valence-corrected chi connectivity index (χ1v) is 9.60. The van der Waals surface area contributed by atoms with Crippen LogP contribution < -0.4 is 11.1 Å². The summed E-state index contributed by atoms with van der Waals surface area (Å²) >= 11 is 0. The standard InChI is InChI=1S/C19H32N4O3/c1-2-25-12-5-9-21-19(22-10-8-17-7-4-13-26-17)23-11-3-6-16(15-23)14-18(20)24/h4,7,13,16H,2-3,5-6,8-12,14-15H2,1H3,(H2,20,24)(H,21,22). The van der Waals surface area contributed by atoms with Crippen molar-refractivity contribution in [3.05, 3.63) is 24.2 Å². The lowest BCUT2D eigenvalue weighted by atomic mass is 9.95. The summed E-state index contributed by atoms with van der Waals surface area (Å²) in [5, 5.41) is 3.45. The second-order valence-corrected chi connectivity index (χ2v) is 6.64. The molecule has 1 amide bonds. The Morgan fingerprint density at radius 1 is 1.54 bits per heavy atom. The van der Waals surface area contributed by atoms with Gasteiger partial charge in [0.2, 0.25) is 5.91 Å². The average molecular weight is 364 g/mol. The minimum atomic E-state index is -0.224. The molecular formula is C19H32N4O3. The Labute approximate surface area is 156 Å². The van der Waals surface area contributed by atoms with Crippen LogP contribution >= 0.6 is 0 Å². The number of piperidine rings is 1. The fourth-order valence-corrected chi connectivity index (χ4v) is 3.22. The van der Waals surface area contributed by atoms with E-state index in [0.29, 0.717) is 12.3 Å². The normalized spacial score (nSPS) is 18.1. The number of rotatable bonds is 10. The molecule has 26 heavy (non-hydrogen) atoms. The molecule has 0 aromatic carbocycles. The number of nitrogens with two attached hydrogens (primary N) is 1. The van der Waals surface area contributed by atoms with Crippen LogP contribution in [0.15, 0.2) is 27.8 Å². The van der Waals surface area contributed by atoms with Crippen LogP contribution in [0.5, 0.6) is 0 Å². The third kappa shape index (κ3) is 7.47. The van der Waals surface area contributed by atoms with Crippen LogP contribution in [0.25, 0.3) is 0 Å². The van der Waals surface area contributed by atoms with E-state index in [1.807, 2.05) is 19.1 Å². The number of guanidine groups is 1. The van der Waals surface area contributed by atoms with Gasteiger partial charge in [-0.15, -0.1) is 0 Å². The third-order valence-electron chi connectivity index (χ3n) is 4.46. The number of aliphatic imine (C=N–C) groups is 1.